The van der Waals surface area contributed by atoms with Gasteiger partial charge in [-0.3, -0.25) is 14.5 Å². The van der Waals surface area contributed by atoms with Crippen molar-refractivity contribution in [2.45, 2.75) is 111 Å². The number of carbonyl (C=O) groups excluding carboxylic acids is 2. The molecule has 0 saturated heterocycles. The number of thioether (sulfide) groups is 2. The topological polar surface area (TPSA) is 42.3 Å². The number of imide groups is 1. The van der Waals surface area contributed by atoms with Crippen LogP contribution in [0.2, 0.25) is 0 Å². The third kappa shape index (κ3) is 10.3. The molecule has 0 radical (unpaired) electrons. The normalized spacial score (nSPS) is 12.9. The number of nitrogens with zero attached hydrogens (tertiary/aromatic N) is 2. The quantitative estimate of drug-likeness (QED) is 0.0459. The minimum atomic E-state index is -0.116. The number of aryl methyl sites for hydroxylation is 1. The van der Waals surface area contributed by atoms with Crippen LogP contribution in [0.3, 0.4) is 0 Å². The molecule has 0 spiro atoms. The summed E-state index contributed by atoms with van der Waals surface area (Å²) in [6, 6.07) is 17.8. The van der Waals surface area contributed by atoms with Gasteiger partial charge in [-0.15, -0.1) is 45.3 Å². The van der Waals surface area contributed by atoms with Gasteiger partial charge in [0.25, 0.3) is 11.8 Å². The van der Waals surface area contributed by atoms with E-state index in [9.17, 15) is 9.59 Å². The van der Waals surface area contributed by atoms with Crippen molar-refractivity contribution >= 4 is 80.7 Å². The average molecular weight is 837 g/mol. The first-order valence-electron chi connectivity index (χ1n) is 20.0. The molecule has 5 aromatic heterocycles. The Balaban J connectivity index is 1.17. The monoisotopic (exact) mass is 836 g/mol. The molecule has 0 fully saturated rings. The van der Waals surface area contributed by atoms with Crippen molar-refractivity contribution in [3.63, 3.8) is 0 Å². The zero-order valence-corrected chi connectivity index (χ0v) is 37.4. The van der Waals surface area contributed by atoms with Crippen LogP contribution in [0, 0.1) is 13.8 Å². The van der Waals surface area contributed by atoms with Gasteiger partial charge in [0.15, 0.2) is 0 Å². The minimum Gasteiger partial charge on any atom is -0.342 e. The lowest BCUT2D eigenvalue weighted by Gasteiger charge is -2.17. The molecule has 0 bridgehead atoms. The van der Waals surface area contributed by atoms with Crippen LogP contribution in [0.15, 0.2) is 48.5 Å². The molecule has 5 aromatic rings. The smallest absolute Gasteiger partial charge is 0.263 e. The molecule has 1 aliphatic heterocycles. The Labute approximate surface area is 348 Å². The van der Waals surface area contributed by atoms with Crippen LogP contribution in [0.5, 0.6) is 0 Å². The number of unbranched alkanes of at least 4 members (excludes halogenated alkanes) is 10. The third-order valence-electron chi connectivity index (χ3n) is 10.2. The number of thiophene rings is 4. The number of hydrogen-bond donors (Lipinski definition) is 0. The number of amides is 2. The van der Waals surface area contributed by atoms with Crippen molar-refractivity contribution in [1.82, 2.24) is 9.47 Å². The SMILES string of the molecule is CCCCCCCCSCCN1C(=O)c2c(c(-c3ccc(-c4ccc(-c5ccc(-c6ccc(C)s6)s5)s4)s3)n(CCSCCCCCCCC)c2C)C1=O. The van der Waals surface area contributed by atoms with E-state index in [0.29, 0.717) is 17.7 Å². The lowest BCUT2D eigenvalue weighted by molar-refractivity contribution is 0.0663. The first-order valence-corrected chi connectivity index (χ1v) is 25.6. The summed E-state index contributed by atoms with van der Waals surface area (Å²) >= 11 is 11.1. The summed E-state index contributed by atoms with van der Waals surface area (Å²) < 4.78 is 2.29. The van der Waals surface area contributed by atoms with Crippen LogP contribution in [-0.4, -0.2) is 50.8 Å². The summed E-state index contributed by atoms with van der Waals surface area (Å²) in [6.07, 6.45) is 15.5. The summed E-state index contributed by atoms with van der Waals surface area (Å²) in [5, 5.41) is 0. The van der Waals surface area contributed by atoms with Gasteiger partial charge in [-0.25, -0.2) is 0 Å². The van der Waals surface area contributed by atoms with Crippen molar-refractivity contribution in [2.75, 3.05) is 29.6 Å². The highest BCUT2D eigenvalue weighted by Gasteiger charge is 2.42. The molecule has 0 unspecified atom stereocenters. The first-order chi connectivity index (χ1) is 26.4. The second-order valence-electron chi connectivity index (χ2n) is 14.3. The second-order valence-corrected chi connectivity index (χ2v) is 21.2. The fourth-order valence-corrected chi connectivity index (χ4v) is 13.2. The van der Waals surface area contributed by atoms with Crippen LogP contribution >= 0.6 is 68.9 Å². The van der Waals surface area contributed by atoms with E-state index < -0.39 is 0 Å². The second kappa shape index (κ2) is 20.9. The molecule has 290 valence electrons. The molecule has 0 saturated carbocycles. The van der Waals surface area contributed by atoms with E-state index in [2.05, 4.69) is 80.8 Å². The average Bonchev–Trinajstić information content (AvgIpc) is 4.02. The van der Waals surface area contributed by atoms with E-state index in [1.807, 2.05) is 57.5 Å². The molecule has 2 amide bonds. The Morgan fingerprint density at radius 1 is 0.481 bits per heavy atom. The summed E-state index contributed by atoms with van der Waals surface area (Å²) in [6.45, 7) is 10.0. The van der Waals surface area contributed by atoms with Crippen molar-refractivity contribution in [3.05, 3.63) is 70.2 Å². The maximum absolute atomic E-state index is 14.2. The Morgan fingerprint density at radius 3 is 1.43 bits per heavy atom. The molecule has 0 atom stereocenters. The van der Waals surface area contributed by atoms with Gasteiger partial charge in [-0.1, -0.05) is 78.1 Å². The van der Waals surface area contributed by atoms with Crippen LogP contribution in [-0.2, 0) is 6.54 Å². The highest BCUT2D eigenvalue weighted by atomic mass is 32.2. The predicted octanol–water partition coefficient (Wildman–Crippen LogP) is 14.8. The zero-order chi connectivity index (χ0) is 37.9. The molecule has 10 heteroatoms. The molecule has 4 nitrogen and oxygen atoms in total. The van der Waals surface area contributed by atoms with E-state index >= 15 is 0 Å². The number of aromatic nitrogens is 1. The zero-order valence-electron chi connectivity index (χ0n) is 32.5. The Morgan fingerprint density at radius 2 is 0.907 bits per heavy atom. The lowest BCUT2D eigenvalue weighted by Crippen LogP contribution is -2.33. The molecular formula is C44H56N2O2S6. The van der Waals surface area contributed by atoms with Crippen LogP contribution in [0.4, 0.5) is 0 Å². The maximum Gasteiger partial charge on any atom is 0.263 e. The van der Waals surface area contributed by atoms with E-state index in [1.165, 1.54) is 116 Å². The van der Waals surface area contributed by atoms with E-state index in [1.54, 1.807) is 11.3 Å². The summed E-state index contributed by atoms with van der Waals surface area (Å²) in [5.41, 5.74) is 3.11. The largest absolute Gasteiger partial charge is 0.342 e. The summed E-state index contributed by atoms with van der Waals surface area (Å²) in [4.78, 5) is 39.7. The molecule has 0 aliphatic carbocycles. The van der Waals surface area contributed by atoms with Gasteiger partial charge in [-0.05, 0) is 86.7 Å². The van der Waals surface area contributed by atoms with Gasteiger partial charge in [0.1, 0.15) is 0 Å². The van der Waals surface area contributed by atoms with Crippen LogP contribution < -0.4 is 0 Å². The Hall–Kier alpha value is -2.08. The summed E-state index contributed by atoms with van der Waals surface area (Å²) in [5.74, 6) is 3.79. The van der Waals surface area contributed by atoms with Crippen LogP contribution in [0.25, 0.3) is 39.8 Å². The standard InChI is InChI=1S/C44H56N2O2S6/c1-5-7-9-11-13-15-27-49-29-25-45-32(4)40-41(44(48)46(43(40)47)26-30-50-28-16-14-12-10-8-6-2)42(45)39-24-23-38(54-39)37-22-21-36(53-37)35-20-19-34(52-35)33-18-17-31(3)51-33/h17-24H,5-16,25-30H2,1-4H3. The van der Waals surface area contributed by atoms with Gasteiger partial charge >= 0.3 is 0 Å². The summed E-state index contributed by atoms with van der Waals surface area (Å²) in [7, 11) is 0. The molecule has 6 heterocycles. The fraction of sp³-hybridized carbons (Fsp3) is 0.500. The number of rotatable bonds is 24. The van der Waals surface area contributed by atoms with E-state index in [0.717, 1.165) is 45.8 Å². The first kappa shape index (κ1) is 41.6. The molecule has 1 aliphatic rings. The van der Waals surface area contributed by atoms with Crippen molar-refractivity contribution in [1.29, 1.82) is 0 Å². The number of fused-ring (bicyclic) bond motifs is 1. The lowest BCUT2D eigenvalue weighted by atomic mass is 10.1. The molecule has 0 aromatic carbocycles. The number of hydrogen-bond acceptors (Lipinski definition) is 8. The molecule has 54 heavy (non-hydrogen) atoms. The van der Waals surface area contributed by atoms with E-state index in [-0.39, 0.29) is 11.8 Å². The van der Waals surface area contributed by atoms with Gasteiger partial charge in [0.05, 0.1) is 21.7 Å². The Bertz CT molecular complexity index is 1960. The number of carbonyl (C=O) groups is 2. The predicted molar refractivity (Wildman–Crippen MR) is 244 cm³/mol. The van der Waals surface area contributed by atoms with Gasteiger partial charge < -0.3 is 4.57 Å². The minimum absolute atomic E-state index is 0.111. The van der Waals surface area contributed by atoms with E-state index in [4.69, 9.17) is 0 Å². The third-order valence-corrected chi connectivity index (χ3v) is 17.1. The van der Waals surface area contributed by atoms with Gasteiger partial charge in [0, 0.05) is 64.4 Å². The van der Waals surface area contributed by atoms with Crippen molar-refractivity contribution < 1.29 is 9.59 Å². The maximum atomic E-state index is 14.2. The van der Waals surface area contributed by atoms with Gasteiger partial charge in [0.2, 0.25) is 0 Å². The molecular weight excluding hydrogens is 781 g/mol. The fourth-order valence-electron chi connectivity index (χ4n) is 7.16. The molecule has 0 N–H and O–H groups in total. The Kier molecular flexibility index (Phi) is 16.1. The molecule has 6 rings (SSSR count). The van der Waals surface area contributed by atoms with Crippen molar-refractivity contribution in [2.24, 2.45) is 0 Å². The highest BCUT2D eigenvalue weighted by Crippen LogP contribution is 2.46. The highest BCUT2D eigenvalue weighted by molar-refractivity contribution is 7.99. The van der Waals surface area contributed by atoms with Gasteiger partial charge in [-0.2, -0.15) is 23.5 Å². The van der Waals surface area contributed by atoms with Crippen molar-refractivity contribution in [3.8, 4) is 39.8 Å². The van der Waals surface area contributed by atoms with Crippen LogP contribution in [0.1, 0.15) is 122 Å².